The van der Waals surface area contributed by atoms with Crippen LogP contribution in [-0.4, -0.2) is 0 Å². The van der Waals surface area contributed by atoms with Crippen LogP contribution in [0.2, 0.25) is 0 Å². The number of hydrogen-bond acceptors (Lipinski definition) is 1. The highest BCUT2D eigenvalue weighted by Crippen LogP contribution is 2.39. The Labute approximate surface area is 72.0 Å². The van der Waals surface area contributed by atoms with Gasteiger partial charge in [-0.05, 0) is 24.0 Å². The molecule has 0 heterocycles. The molecule has 0 fully saturated rings. The van der Waals surface area contributed by atoms with Gasteiger partial charge in [-0.25, -0.2) is 0 Å². The van der Waals surface area contributed by atoms with Crippen LogP contribution < -0.4 is 0 Å². The van der Waals surface area contributed by atoms with Crippen molar-refractivity contribution in [1.82, 2.24) is 0 Å². The van der Waals surface area contributed by atoms with E-state index in [4.69, 9.17) is 0 Å². The summed E-state index contributed by atoms with van der Waals surface area (Å²) >= 11 is 1.73. The molecule has 0 aliphatic heterocycles. The van der Waals surface area contributed by atoms with Crippen LogP contribution in [0.15, 0.2) is 24.3 Å². The molecular weight excluding hydrogens is 152 g/mol. The number of hydrogen-bond donors (Lipinski definition) is 0. The highest BCUT2D eigenvalue weighted by atomic mass is 32.2. The van der Waals surface area contributed by atoms with Gasteiger partial charge in [0.05, 0.1) is 0 Å². The molecule has 0 nitrogen and oxygen atoms in total. The van der Waals surface area contributed by atoms with Gasteiger partial charge in [0, 0.05) is 11.5 Å². The smallest absolute Gasteiger partial charge is 0.0303 e. The summed E-state index contributed by atoms with van der Waals surface area (Å²) in [5.74, 6) is 0. The Morgan fingerprint density at radius 2 is 2.18 bits per heavy atom. The van der Waals surface area contributed by atoms with Gasteiger partial charge in [-0.15, -0.1) is 0 Å². The average Bonchev–Trinajstić information content (AvgIpc) is 2.47. The third-order valence-electron chi connectivity index (χ3n) is 2.28. The second-order valence-corrected chi connectivity index (χ2v) is 3.80. The van der Waals surface area contributed by atoms with E-state index < -0.39 is 0 Å². The summed E-state index contributed by atoms with van der Waals surface area (Å²) in [7, 11) is 0. The average molecular weight is 163 g/mol. The summed E-state index contributed by atoms with van der Waals surface area (Å²) in [6, 6.07) is 8.69. The maximum Gasteiger partial charge on any atom is 0.0303 e. The van der Waals surface area contributed by atoms with E-state index in [-0.39, 0.29) is 0 Å². The highest BCUT2D eigenvalue weighted by Gasteiger charge is 2.19. The van der Waals surface area contributed by atoms with E-state index in [1.165, 1.54) is 24.0 Å². The molecule has 0 N–H and O–H groups in total. The molecule has 0 aromatic heterocycles. The van der Waals surface area contributed by atoms with Crippen LogP contribution in [0.5, 0.6) is 0 Å². The Morgan fingerprint density at radius 1 is 1.36 bits per heavy atom. The zero-order valence-corrected chi connectivity index (χ0v) is 7.23. The minimum absolute atomic E-state index is 0.659. The van der Waals surface area contributed by atoms with Gasteiger partial charge in [-0.3, -0.25) is 0 Å². The van der Waals surface area contributed by atoms with E-state index in [0.717, 1.165) is 0 Å². The van der Waals surface area contributed by atoms with Crippen LogP contribution in [0.1, 0.15) is 22.8 Å². The highest BCUT2D eigenvalue weighted by molar-refractivity contribution is 8.00. The largest absolute Gasteiger partial charge is 0.153 e. The molecule has 1 radical (unpaired) electrons. The Bertz CT molecular complexity index is 255. The first-order valence-corrected chi connectivity index (χ1v) is 4.95. The number of fused-ring (bicyclic) bond motifs is 1. The molecule has 2 rings (SSSR count). The Hall–Kier alpha value is -0.430. The topological polar surface area (TPSA) is 0 Å². The van der Waals surface area contributed by atoms with Crippen LogP contribution in [0, 0.1) is 6.26 Å². The Kier molecular flexibility index (Phi) is 1.91. The van der Waals surface area contributed by atoms with Crippen molar-refractivity contribution in [3.05, 3.63) is 41.6 Å². The van der Waals surface area contributed by atoms with Gasteiger partial charge in [0.15, 0.2) is 0 Å². The van der Waals surface area contributed by atoms with E-state index in [0.29, 0.717) is 5.25 Å². The van der Waals surface area contributed by atoms with Crippen molar-refractivity contribution in [1.29, 1.82) is 0 Å². The van der Waals surface area contributed by atoms with E-state index in [2.05, 4.69) is 30.5 Å². The van der Waals surface area contributed by atoms with Crippen molar-refractivity contribution in [2.45, 2.75) is 18.1 Å². The number of thioether (sulfide) groups is 1. The SMILES string of the molecule is [CH2]SC1CCc2ccccc21. The molecule has 0 saturated heterocycles. The van der Waals surface area contributed by atoms with Crippen molar-refractivity contribution in [3.8, 4) is 0 Å². The maximum absolute atomic E-state index is 3.88. The fourth-order valence-electron chi connectivity index (χ4n) is 1.69. The molecule has 1 unspecified atom stereocenters. The van der Waals surface area contributed by atoms with Crippen molar-refractivity contribution in [2.75, 3.05) is 0 Å². The zero-order chi connectivity index (χ0) is 7.68. The summed E-state index contributed by atoms with van der Waals surface area (Å²) in [6.07, 6.45) is 6.39. The third kappa shape index (κ3) is 1.18. The van der Waals surface area contributed by atoms with E-state index in [9.17, 15) is 0 Å². The molecular formula is C10H11S. The van der Waals surface area contributed by atoms with Crippen LogP contribution in [-0.2, 0) is 6.42 Å². The molecule has 1 aromatic carbocycles. The summed E-state index contributed by atoms with van der Waals surface area (Å²) < 4.78 is 0. The van der Waals surface area contributed by atoms with Crippen LogP contribution in [0.4, 0.5) is 0 Å². The Balaban J connectivity index is 2.39. The predicted octanol–water partition coefficient (Wildman–Crippen LogP) is 3.20. The molecule has 1 aliphatic rings. The molecule has 1 aromatic rings. The normalized spacial score (nSPS) is 21.7. The van der Waals surface area contributed by atoms with Gasteiger partial charge in [0.25, 0.3) is 0 Å². The third-order valence-corrected chi connectivity index (χ3v) is 3.17. The van der Waals surface area contributed by atoms with Gasteiger partial charge in [0.1, 0.15) is 0 Å². The minimum atomic E-state index is 0.659. The molecule has 1 atom stereocenters. The monoisotopic (exact) mass is 163 g/mol. The standard InChI is InChI=1S/C10H11S/c1-11-10-7-6-8-4-2-3-5-9(8)10/h2-5,10H,1,6-7H2. The summed E-state index contributed by atoms with van der Waals surface area (Å²) in [4.78, 5) is 0. The fraction of sp³-hybridized carbons (Fsp3) is 0.300. The summed E-state index contributed by atoms with van der Waals surface area (Å²) in [5, 5.41) is 0.659. The van der Waals surface area contributed by atoms with Gasteiger partial charge in [-0.2, -0.15) is 11.8 Å². The van der Waals surface area contributed by atoms with Gasteiger partial charge in [0.2, 0.25) is 0 Å². The molecule has 0 amide bonds. The molecule has 0 spiro atoms. The maximum atomic E-state index is 3.88. The van der Waals surface area contributed by atoms with Gasteiger partial charge >= 0.3 is 0 Å². The van der Waals surface area contributed by atoms with Crippen molar-refractivity contribution in [3.63, 3.8) is 0 Å². The van der Waals surface area contributed by atoms with Gasteiger partial charge in [-0.1, -0.05) is 24.3 Å². The lowest BCUT2D eigenvalue weighted by Crippen LogP contribution is -1.83. The molecule has 1 aliphatic carbocycles. The van der Waals surface area contributed by atoms with Gasteiger partial charge < -0.3 is 0 Å². The molecule has 1 heteroatoms. The second-order valence-electron chi connectivity index (χ2n) is 2.89. The number of benzene rings is 1. The lowest BCUT2D eigenvalue weighted by Gasteiger charge is -2.05. The van der Waals surface area contributed by atoms with Crippen LogP contribution in [0.25, 0.3) is 0 Å². The van der Waals surface area contributed by atoms with E-state index in [1.807, 2.05) is 0 Å². The number of rotatable bonds is 1. The van der Waals surface area contributed by atoms with E-state index >= 15 is 0 Å². The molecule has 0 saturated carbocycles. The fourth-order valence-corrected chi connectivity index (χ4v) is 2.39. The lowest BCUT2D eigenvalue weighted by atomic mass is 10.1. The predicted molar refractivity (Wildman–Crippen MR) is 50.5 cm³/mol. The number of aryl methyl sites for hydroxylation is 1. The first-order chi connectivity index (χ1) is 5.42. The van der Waals surface area contributed by atoms with Crippen LogP contribution in [0.3, 0.4) is 0 Å². The first kappa shape index (κ1) is 7.23. The van der Waals surface area contributed by atoms with Crippen molar-refractivity contribution < 1.29 is 0 Å². The second kappa shape index (κ2) is 2.90. The minimum Gasteiger partial charge on any atom is -0.153 e. The molecule has 0 bridgehead atoms. The molecule has 57 valence electrons. The van der Waals surface area contributed by atoms with Crippen LogP contribution >= 0.6 is 11.8 Å². The summed E-state index contributed by atoms with van der Waals surface area (Å²) in [5.41, 5.74) is 3.03. The molecule has 11 heavy (non-hydrogen) atoms. The van der Waals surface area contributed by atoms with E-state index in [1.54, 1.807) is 11.8 Å². The summed E-state index contributed by atoms with van der Waals surface area (Å²) in [6.45, 7) is 0. The lowest BCUT2D eigenvalue weighted by molar-refractivity contribution is 0.894. The van der Waals surface area contributed by atoms with Crippen molar-refractivity contribution >= 4 is 11.8 Å². The Morgan fingerprint density at radius 3 is 3.00 bits per heavy atom. The quantitative estimate of drug-likeness (QED) is 0.612. The van der Waals surface area contributed by atoms with Crippen molar-refractivity contribution in [2.24, 2.45) is 0 Å². The first-order valence-electron chi connectivity index (χ1n) is 3.90. The zero-order valence-electron chi connectivity index (χ0n) is 6.42.